The van der Waals surface area contributed by atoms with Gasteiger partial charge in [0.1, 0.15) is 0 Å². The zero-order valence-corrected chi connectivity index (χ0v) is 12.7. The molecule has 0 N–H and O–H groups in total. The molecule has 1 saturated heterocycles. The third kappa shape index (κ3) is 5.81. The predicted molar refractivity (Wildman–Crippen MR) is 80.0 cm³/mol. The Morgan fingerprint density at radius 2 is 2.38 bits per heavy atom. The fraction of sp³-hybridized carbons (Fsp3) is 0.625. The number of carbonyl (C=O) groups excluding carboxylic acids is 1. The Morgan fingerprint density at radius 3 is 3.05 bits per heavy atom. The van der Waals surface area contributed by atoms with E-state index in [-0.39, 0.29) is 5.97 Å². The number of hydrogen-bond acceptors (Lipinski definition) is 5. The molecule has 116 valence electrons. The van der Waals surface area contributed by atoms with Crippen LogP contribution >= 0.6 is 0 Å². The van der Waals surface area contributed by atoms with Crippen LogP contribution < -0.4 is 0 Å². The zero-order valence-electron chi connectivity index (χ0n) is 12.7. The van der Waals surface area contributed by atoms with Crippen LogP contribution in [-0.4, -0.2) is 55.3 Å². The summed E-state index contributed by atoms with van der Waals surface area (Å²) in [5, 5.41) is 0. The summed E-state index contributed by atoms with van der Waals surface area (Å²) in [6.45, 7) is 3.33. The monoisotopic (exact) mass is 292 g/mol. The molecule has 1 aliphatic heterocycles. The second kappa shape index (κ2) is 8.74. The molecule has 1 aromatic rings. The maximum absolute atomic E-state index is 11.3. The zero-order chi connectivity index (χ0) is 14.9. The van der Waals surface area contributed by atoms with E-state index in [0.29, 0.717) is 19.1 Å². The fourth-order valence-electron chi connectivity index (χ4n) is 2.54. The van der Waals surface area contributed by atoms with E-state index < -0.39 is 0 Å². The normalized spacial score (nSPS) is 18.1. The molecule has 2 heterocycles. The highest BCUT2D eigenvalue weighted by Gasteiger charge is 2.19. The largest absolute Gasteiger partial charge is 0.469 e. The molecule has 0 aliphatic carbocycles. The molecule has 1 aromatic heterocycles. The number of pyridine rings is 1. The molecule has 1 unspecified atom stereocenters. The molecule has 1 atom stereocenters. The number of esters is 1. The second-order valence-electron chi connectivity index (χ2n) is 5.33. The van der Waals surface area contributed by atoms with Crippen LogP contribution in [0.4, 0.5) is 0 Å². The van der Waals surface area contributed by atoms with Crippen LogP contribution in [0.15, 0.2) is 24.4 Å². The predicted octanol–water partition coefficient (Wildman–Crippen LogP) is 1.67. The molecule has 0 radical (unpaired) electrons. The average Bonchev–Trinajstić information content (AvgIpc) is 3.03. The van der Waals surface area contributed by atoms with Crippen molar-refractivity contribution in [3.8, 4) is 0 Å². The molecule has 5 nitrogen and oxygen atoms in total. The minimum absolute atomic E-state index is 0.162. The first-order valence-corrected chi connectivity index (χ1v) is 7.58. The Kier molecular flexibility index (Phi) is 6.63. The van der Waals surface area contributed by atoms with Gasteiger partial charge in [0.25, 0.3) is 0 Å². The van der Waals surface area contributed by atoms with E-state index >= 15 is 0 Å². The van der Waals surface area contributed by atoms with Gasteiger partial charge in [0, 0.05) is 44.6 Å². The Bertz CT molecular complexity index is 419. The topological polar surface area (TPSA) is 51.7 Å². The Labute approximate surface area is 126 Å². The maximum atomic E-state index is 11.3. The number of ether oxygens (including phenoxy) is 2. The van der Waals surface area contributed by atoms with E-state index in [0.717, 1.165) is 44.7 Å². The van der Waals surface area contributed by atoms with Gasteiger partial charge in [-0.05, 0) is 25.0 Å². The fourth-order valence-corrected chi connectivity index (χ4v) is 2.54. The first kappa shape index (κ1) is 15.9. The molecule has 1 fully saturated rings. The van der Waals surface area contributed by atoms with Gasteiger partial charge < -0.3 is 9.47 Å². The smallest absolute Gasteiger partial charge is 0.306 e. The van der Waals surface area contributed by atoms with Crippen LogP contribution in [0, 0.1) is 0 Å². The van der Waals surface area contributed by atoms with E-state index in [1.54, 1.807) is 0 Å². The maximum Gasteiger partial charge on any atom is 0.306 e. The van der Waals surface area contributed by atoms with Gasteiger partial charge in [-0.1, -0.05) is 6.07 Å². The summed E-state index contributed by atoms with van der Waals surface area (Å²) < 4.78 is 10.4. The Morgan fingerprint density at radius 1 is 1.48 bits per heavy atom. The summed E-state index contributed by atoms with van der Waals surface area (Å²) in [7, 11) is 1.43. The van der Waals surface area contributed by atoms with Crippen molar-refractivity contribution in [2.75, 3.05) is 33.4 Å². The lowest BCUT2D eigenvalue weighted by molar-refractivity contribution is -0.141. The van der Waals surface area contributed by atoms with Crippen molar-refractivity contribution in [1.29, 1.82) is 0 Å². The van der Waals surface area contributed by atoms with Gasteiger partial charge in [0.05, 0.1) is 19.6 Å². The summed E-state index contributed by atoms with van der Waals surface area (Å²) in [4.78, 5) is 18.0. The quantitative estimate of drug-likeness (QED) is 0.682. The minimum Gasteiger partial charge on any atom is -0.469 e. The van der Waals surface area contributed by atoms with Gasteiger partial charge in [-0.15, -0.1) is 0 Å². The molecule has 5 heteroatoms. The SMILES string of the molecule is COC(=O)CCN(CCc1ccccn1)CC1CCCO1. The second-order valence-corrected chi connectivity index (χ2v) is 5.33. The lowest BCUT2D eigenvalue weighted by atomic mass is 10.2. The lowest BCUT2D eigenvalue weighted by Crippen LogP contribution is -2.35. The van der Waals surface area contributed by atoms with Gasteiger partial charge >= 0.3 is 5.97 Å². The van der Waals surface area contributed by atoms with Crippen molar-refractivity contribution in [2.24, 2.45) is 0 Å². The molecule has 2 rings (SSSR count). The number of rotatable bonds is 8. The standard InChI is InChI=1S/C16H24N2O3/c1-20-16(19)8-11-18(13-15-6-4-12-21-15)10-7-14-5-2-3-9-17-14/h2-3,5,9,15H,4,6-8,10-13H2,1H3. The van der Waals surface area contributed by atoms with Crippen molar-refractivity contribution < 1.29 is 14.3 Å². The molecular formula is C16H24N2O3. The van der Waals surface area contributed by atoms with Crippen LogP contribution in [0.2, 0.25) is 0 Å². The first-order valence-electron chi connectivity index (χ1n) is 7.58. The van der Waals surface area contributed by atoms with Crippen LogP contribution in [-0.2, 0) is 20.7 Å². The summed E-state index contributed by atoms with van der Waals surface area (Å²) in [5.74, 6) is -0.162. The van der Waals surface area contributed by atoms with Gasteiger partial charge in [-0.25, -0.2) is 0 Å². The molecule has 0 saturated carbocycles. The third-order valence-corrected chi connectivity index (χ3v) is 3.76. The summed E-state index contributed by atoms with van der Waals surface area (Å²) >= 11 is 0. The lowest BCUT2D eigenvalue weighted by Gasteiger charge is -2.24. The average molecular weight is 292 g/mol. The summed E-state index contributed by atoms with van der Waals surface area (Å²) in [6, 6.07) is 5.96. The number of carbonyl (C=O) groups is 1. The number of nitrogens with zero attached hydrogens (tertiary/aromatic N) is 2. The molecular weight excluding hydrogens is 268 g/mol. The van der Waals surface area contributed by atoms with Crippen LogP contribution in [0.25, 0.3) is 0 Å². The number of methoxy groups -OCH3 is 1. The highest BCUT2D eigenvalue weighted by atomic mass is 16.5. The van der Waals surface area contributed by atoms with Gasteiger partial charge in [0.2, 0.25) is 0 Å². The van der Waals surface area contributed by atoms with Gasteiger partial charge in [-0.2, -0.15) is 0 Å². The number of aromatic nitrogens is 1. The van der Waals surface area contributed by atoms with Crippen molar-refractivity contribution in [3.63, 3.8) is 0 Å². The van der Waals surface area contributed by atoms with E-state index in [2.05, 4.69) is 9.88 Å². The first-order chi connectivity index (χ1) is 10.3. The Balaban J connectivity index is 1.82. The minimum atomic E-state index is -0.162. The summed E-state index contributed by atoms with van der Waals surface area (Å²) in [5.41, 5.74) is 1.08. The van der Waals surface area contributed by atoms with E-state index in [9.17, 15) is 4.79 Å². The highest BCUT2D eigenvalue weighted by molar-refractivity contribution is 5.69. The number of hydrogen-bond donors (Lipinski definition) is 0. The van der Waals surface area contributed by atoms with E-state index in [1.807, 2.05) is 24.4 Å². The van der Waals surface area contributed by atoms with E-state index in [1.165, 1.54) is 7.11 Å². The molecule has 21 heavy (non-hydrogen) atoms. The molecule has 0 bridgehead atoms. The van der Waals surface area contributed by atoms with Gasteiger partial charge in [-0.3, -0.25) is 14.7 Å². The van der Waals surface area contributed by atoms with Crippen LogP contribution in [0.1, 0.15) is 25.0 Å². The summed E-state index contributed by atoms with van der Waals surface area (Å²) in [6.07, 6.45) is 5.66. The van der Waals surface area contributed by atoms with Crippen molar-refractivity contribution >= 4 is 5.97 Å². The highest BCUT2D eigenvalue weighted by Crippen LogP contribution is 2.14. The van der Waals surface area contributed by atoms with Gasteiger partial charge in [0.15, 0.2) is 0 Å². The van der Waals surface area contributed by atoms with Crippen LogP contribution in [0.3, 0.4) is 0 Å². The molecule has 0 spiro atoms. The third-order valence-electron chi connectivity index (χ3n) is 3.76. The van der Waals surface area contributed by atoms with Crippen LogP contribution in [0.5, 0.6) is 0 Å². The van der Waals surface area contributed by atoms with Crippen molar-refractivity contribution in [3.05, 3.63) is 30.1 Å². The molecule has 0 aromatic carbocycles. The molecule has 1 aliphatic rings. The van der Waals surface area contributed by atoms with Crippen molar-refractivity contribution in [1.82, 2.24) is 9.88 Å². The molecule has 0 amide bonds. The van der Waals surface area contributed by atoms with E-state index in [4.69, 9.17) is 9.47 Å². The van der Waals surface area contributed by atoms with Crippen molar-refractivity contribution in [2.45, 2.75) is 31.8 Å². The Hall–Kier alpha value is -1.46.